The standard InChI is InChI=1S/C18H21N3/c1-11-8-15(12(2)19)17-16(9-11)14-4-3-7-20-18(14)21(17)10-13-5-6-13/h3-4,7-9,12-13H,5-6,10,19H2,1-2H3/t12-/m1/s1. The molecule has 1 atom stereocenters. The molecular formula is C18H21N3. The Morgan fingerprint density at radius 3 is 2.86 bits per heavy atom. The Labute approximate surface area is 124 Å². The highest BCUT2D eigenvalue weighted by Crippen LogP contribution is 2.37. The molecule has 1 aromatic carbocycles. The van der Waals surface area contributed by atoms with Crippen LogP contribution in [0.2, 0.25) is 0 Å². The molecule has 3 aromatic rings. The van der Waals surface area contributed by atoms with Crippen molar-refractivity contribution in [3.63, 3.8) is 0 Å². The van der Waals surface area contributed by atoms with Gasteiger partial charge in [-0.25, -0.2) is 4.98 Å². The molecule has 0 aliphatic heterocycles. The van der Waals surface area contributed by atoms with Gasteiger partial charge in [0.1, 0.15) is 5.65 Å². The Bertz CT molecular complexity index is 825. The van der Waals surface area contributed by atoms with E-state index in [1.807, 2.05) is 12.3 Å². The van der Waals surface area contributed by atoms with Crippen LogP contribution in [0.5, 0.6) is 0 Å². The van der Waals surface area contributed by atoms with Gasteiger partial charge in [-0.3, -0.25) is 0 Å². The molecule has 0 radical (unpaired) electrons. The van der Waals surface area contributed by atoms with Crippen molar-refractivity contribution in [1.82, 2.24) is 9.55 Å². The summed E-state index contributed by atoms with van der Waals surface area (Å²) in [7, 11) is 0. The van der Waals surface area contributed by atoms with Crippen molar-refractivity contribution in [3.8, 4) is 0 Å². The number of nitrogens with two attached hydrogens (primary N) is 1. The highest BCUT2D eigenvalue weighted by molar-refractivity contribution is 6.08. The van der Waals surface area contributed by atoms with Crippen molar-refractivity contribution in [2.45, 2.75) is 39.3 Å². The van der Waals surface area contributed by atoms with E-state index in [9.17, 15) is 0 Å². The zero-order valence-corrected chi connectivity index (χ0v) is 12.6. The number of benzene rings is 1. The summed E-state index contributed by atoms with van der Waals surface area (Å²) in [4.78, 5) is 4.65. The van der Waals surface area contributed by atoms with Crippen LogP contribution in [0.3, 0.4) is 0 Å². The number of pyridine rings is 1. The van der Waals surface area contributed by atoms with Crippen LogP contribution < -0.4 is 5.73 Å². The summed E-state index contributed by atoms with van der Waals surface area (Å²) in [6.07, 6.45) is 4.57. The number of nitrogens with zero attached hydrogens (tertiary/aromatic N) is 2. The molecule has 4 rings (SSSR count). The molecule has 0 bridgehead atoms. The van der Waals surface area contributed by atoms with Crippen LogP contribution in [0.4, 0.5) is 0 Å². The maximum absolute atomic E-state index is 6.25. The fourth-order valence-corrected chi connectivity index (χ4v) is 3.33. The second-order valence-electron chi connectivity index (χ2n) is 6.47. The monoisotopic (exact) mass is 279 g/mol. The molecule has 2 heterocycles. The first-order valence-corrected chi connectivity index (χ1v) is 7.78. The van der Waals surface area contributed by atoms with Gasteiger partial charge in [0, 0.05) is 29.6 Å². The Kier molecular flexibility index (Phi) is 2.79. The lowest BCUT2D eigenvalue weighted by atomic mass is 10.0. The van der Waals surface area contributed by atoms with Crippen LogP contribution in [-0.2, 0) is 6.54 Å². The number of hydrogen-bond acceptors (Lipinski definition) is 2. The maximum atomic E-state index is 6.25. The molecule has 2 N–H and O–H groups in total. The third kappa shape index (κ3) is 2.04. The van der Waals surface area contributed by atoms with Crippen LogP contribution in [0.25, 0.3) is 21.9 Å². The minimum atomic E-state index is 0.0367. The van der Waals surface area contributed by atoms with E-state index in [2.05, 4.69) is 41.6 Å². The number of fused-ring (bicyclic) bond motifs is 3. The fourth-order valence-electron chi connectivity index (χ4n) is 3.33. The van der Waals surface area contributed by atoms with E-state index in [4.69, 9.17) is 5.73 Å². The number of aromatic nitrogens is 2. The van der Waals surface area contributed by atoms with E-state index in [-0.39, 0.29) is 6.04 Å². The first-order valence-electron chi connectivity index (χ1n) is 7.78. The third-order valence-electron chi connectivity index (χ3n) is 4.51. The first kappa shape index (κ1) is 12.8. The second kappa shape index (κ2) is 4.57. The highest BCUT2D eigenvalue weighted by atomic mass is 15.0. The van der Waals surface area contributed by atoms with Crippen LogP contribution in [-0.4, -0.2) is 9.55 Å². The van der Waals surface area contributed by atoms with E-state index in [1.165, 1.54) is 40.3 Å². The number of rotatable bonds is 3. The second-order valence-corrected chi connectivity index (χ2v) is 6.47. The number of hydrogen-bond donors (Lipinski definition) is 1. The van der Waals surface area contributed by atoms with Gasteiger partial charge >= 0.3 is 0 Å². The van der Waals surface area contributed by atoms with E-state index >= 15 is 0 Å². The van der Waals surface area contributed by atoms with Gasteiger partial charge in [-0.1, -0.05) is 11.6 Å². The molecule has 0 amide bonds. The molecule has 0 unspecified atom stereocenters. The lowest BCUT2D eigenvalue weighted by Crippen LogP contribution is -2.09. The summed E-state index contributed by atoms with van der Waals surface area (Å²) < 4.78 is 2.40. The Morgan fingerprint density at radius 1 is 1.33 bits per heavy atom. The van der Waals surface area contributed by atoms with Crippen LogP contribution >= 0.6 is 0 Å². The molecule has 108 valence electrons. The predicted octanol–water partition coefficient (Wildman–Crippen LogP) is 3.93. The molecule has 1 aliphatic carbocycles. The van der Waals surface area contributed by atoms with Crippen molar-refractivity contribution in [2.75, 3.05) is 0 Å². The molecule has 2 aromatic heterocycles. The Balaban J connectivity index is 2.13. The van der Waals surface area contributed by atoms with Gasteiger partial charge in [-0.2, -0.15) is 0 Å². The SMILES string of the molecule is Cc1cc([C@@H](C)N)c2c(c1)c1cccnc1n2CC1CC1. The van der Waals surface area contributed by atoms with Gasteiger partial charge in [0.05, 0.1) is 5.52 Å². The predicted molar refractivity (Wildman–Crippen MR) is 87.3 cm³/mol. The summed E-state index contributed by atoms with van der Waals surface area (Å²) in [5.41, 5.74) is 11.2. The minimum Gasteiger partial charge on any atom is -0.325 e. The highest BCUT2D eigenvalue weighted by Gasteiger charge is 2.25. The van der Waals surface area contributed by atoms with E-state index < -0.39 is 0 Å². The molecule has 1 aliphatic rings. The Hall–Kier alpha value is -1.87. The summed E-state index contributed by atoms with van der Waals surface area (Å²) >= 11 is 0. The molecular weight excluding hydrogens is 258 g/mol. The van der Waals surface area contributed by atoms with Gasteiger partial charge in [-0.05, 0) is 56.4 Å². The molecule has 21 heavy (non-hydrogen) atoms. The van der Waals surface area contributed by atoms with Crippen molar-refractivity contribution in [2.24, 2.45) is 11.7 Å². The van der Waals surface area contributed by atoms with Crippen LogP contribution in [0, 0.1) is 12.8 Å². The maximum Gasteiger partial charge on any atom is 0.140 e. The average Bonchev–Trinajstić information content (AvgIpc) is 3.23. The lowest BCUT2D eigenvalue weighted by Gasteiger charge is -2.13. The number of aryl methyl sites for hydroxylation is 1. The zero-order chi connectivity index (χ0) is 14.6. The van der Waals surface area contributed by atoms with E-state index in [1.54, 1.807) is 0 Å². The molecule has 3 nitrogen and oxygen atoms in total. The molecule has 0 saturated heterocycles. The van der Waals surface area contributed by atoms with Gasteiger partial charge in [0.2, 0.25) is 0 Å². The van der Waals surface area contributed by atoms with Crippen molar-refractivity contribution >= 4 is 21.9 Å². The van der Waals surface area contributed by atoms with Crippen LogP contribution in [0.15, 0.2) is 30.5 Å². The minimum absolute atomic E-state index is 0.0367. The van der Waals surface area contributed by atoms with Gasteiger partial charge < -0.3 is 10.3 Å². The van der Waals surface area contributed by atoms with Crippen molar-refractivity contribution in [1.29, 1.82) is 0 Å². The van der Waals surface area contributed by atoms with Gasteiger partial charge in [-0.15, -0.1) is 0 Å². The van der Waals surface area contributed by atoms with Crippen molar-refractivity contribution < 1.29 is 0 Å². The lowest BCUT2D eigenvalue weighted by molar-refractivity contribution is 0.655. The topological polar surface area (TPSA) is 43.8 Å². The molecule has 3 heteroatoms. The normalized spacial score (nSPS) is 16.7. The van der Waals surface area contributed by atoms with E-state index in [0.29, 0.717) is 0 Å². The quantitative estimate of drug-likeness (QED) is 0.789. The molecule has 1 fully saturated rings. The van der Waals surface area contributed by atoms with Crippen LogP contribution in [0.1, 0.15) is 36.9 Å². The summed E-state index contributed by atoms with van der Waals surface area (Å²) in [6.45, 7) is 5.28. The molecule has 0 spiro atoms. The summed E-state index contributed by atoms with van der Waals surface area (Å²) in [5.74, 6) is 0.813. The fraction of sp³-hybridized carbons (Fsp3) is 0.389. The largest absolute Gasteiger partial charge is 0.325 e. The smallest absolute Gasteiger partial charge is 0.140 e. The Morgan fingerprint density at radius 2 is 2.14 bits per heavy atom. The average molecular weight is 279 g/mol. The first-order chi connectivity index (χ1) is 10.1. The van der Waals surface area contributed by atoms with Gasteiger partial charge in [0.15, 0.2) is 0 Å². The summed E-state index contributed by atoms with van der Waals surface area (Å²) in [5, 5.41) is 2.55. The third-order valence-corrected chi connectivity index (χ3v) is 4.51. The van der Waals surface area contributed by atoms with E-state index in [0.717, 1.165) is 18.1 Å². The summed E-state index contributed by atoms with van der Waals surface area (Å²) in [6, 6.07) is 8.74. The van der Waals surface area contributed by atoms with Gasteiger partial charge in [0.25, 0.3) is 0 Å². The zero-order valence-electron chi connectivity index (χ0n) is 12.6. The molecule has 1 saturated carbocycles. The van der Waals surface area contributed by atoms with Crippen molar-refractivity contribution in [3.05, 3.63) is 41.6 Å².